The Kier molecular flexibility index (Phi) is 2.39. The van der Waals surface area contributed by atoms with Crippen LogP contribution in [0.3, 0.4) is 0 Å². The summed E-state index contributed by atoms with van der Waals surface area (Å²) in [6.45, 7) is 1.05. The molecule has 1 N–H and O–H groups in total. The number of ether oxygens (including phenoxy) is 2. The molecule has 4 aliphatic rings. The maximum absolute atomic E-state index is 10.6. The van der Waals surface area contributed by atoms with E-state index in [1.165, 1.54) is 11.1 Å². The molecular formula is C18H21NO3. The van der Waals surface area contributed by atoms with Crippen molar-refractivity contribution in [2.24, 2.45) is 5.92 Å². The van der Waals surface area contributed by atoms with Gasteiger partial charge in [0.05, 0.1) is 7.11 Å². The van der Waals surface area contributed by atoms with Crippen LogP contribution in [0.15, 0.2) is 24.3 Å². The minimum Gasteiger partial charge on any atom is -0.493 e. The third-order valence-corrected chi connectivity index (χ3v) is 6.35. The standard InChI is InChI=1S/C18H21NO3/c1-19-8-7-18-11-4-5-13(20)17(18)22-16-14(21-2)6-3-10(15(16)18)9-12(11)19/h3-6,11-13,17,20H,7-9H2,1-2H3/t11?,12-,13+,17+,18?/m1/s1. The topological polar surface area (TPSA) is 41.9 Å². The van der Waals surface area contributed by atoms with E-state index in [9.17, 15) is 5.11 Å². The average Bonchev–Trinajstić information content (AvgIpc) is 2.88. The van der Waals surface area contributed by atoms with Gasteiger partial charge in [0.2, 0.25) is 0 Å². The Labute approximate surface area is 130 Å². The van der Waals surface area contributed by atoms with E-state index in [1.807, 2.05) is 12.1 Å². The molecule has 1 saturated heterocycles. The van der Waals surface area contributed by atoms with Crippen molar-refractivity contribution >= 4 is 0 Å². The fourth-order valence-electron chi connectivity index (χ4n) is 5.39. The number of hydrogen-bond acceptors (Lipinski definition) is 4. The molecule has 4 nitrogen and oxygen atoms in total. The second kappa shape index (κ2) is 4.06. The van der Waals surface area contributed by atoms with Crippen molar-refractivity contribution in [3.63, 3.8) is 0 Å². The summed E-state index contributed by atoms with van der Waals surface area (Å²) in [5, 5.41) is 10.6. The zero-order chi connectivity index (χ0) is 15.1. The summed E-state index contributed by atoms with van der Waals surface area (Å²) in [5.41, 5.74) is 2.60. The lowest BCUT2D eigenvalue weighted by Gasteiger charge is -2.56. The molecule has 0 saturated carbocycles. The molecule has 2 aliphatic carbocycles. The van der Waals surface area contributed by atoms with E-state index in [4.69, 9.17) is 9.47 Å². The molecule has 1 aromatic carbocycles. The average molecular weight is 299 g/mol. The first-order valence-corrected chi connectivity index (χ1v) is 8.10. The third kappa shape index (κ3) is 1.28. The molecule has 0 amide bonds. The first kappa shape index (κ1) is 13.0. The van der Waals surface area contributed by atoms with Crippen LogP contribution in [0.25, 0.3) is 0 Å². The lowest BCUT2D eigenvalue weighted by Crippen LogP contribution is -2.64. The van der Waals surface area contributed by atoms with Crippen LogP contribution >= 0.6 is 0 Å². The van der Waals surface area contributed by atoms with Gasteiger partial charge in [0.15, 0.2) is 11.5 Å². The summed E-state index contributed by atoms with van der Waals surface area (Å²) in [5.74, 6) is 2.09. The Bertz CT molecular complexity index is 685. The van der Waals surface area contributed by atoms with Gasteiger partial charge in [0, 0.05) is 22.9 Å². The maximum atomic E-state index is 10.6. The fraction of sp³-hybridized carbons (Fsp3) is 0.556. The maximum Gasteiger partial charge on any atom is 0.165 e. The molecule has 22 heavy (non-hydrogen) atoms. The second-order valence-electron chi connectivity index (χ2n) is 7.11. The highest BCUT2D eigenvalue weighted by Crippen LogP contribution is 2.62. The van der Waals surface area contributed by atoms with Gasteiger partial charge in [0.1, 0.15) is 12.2 Å². The van der Waals surface area contributed by atoms with Crippen molar-refractivity contribution < 1.29 is 14.6 Å². The Morgan fingerprint density at radius 1 is 1.36 bits per heavy atom. The number of hydrogen-bond donors (Lipinski definition) is 1. The number of benzene rings is 1. The minimum absolute atomic E-state index is 0.0806. The normalized spacial score (nSPS) is 41.0. The zero-order valence-corrected chi connectivity index (χ0v) is 13.0. The minimum atomic E-state index is -0.539. The molecule has 1 spiro atoms. The van der Waals surface area contributed by atoms with Gasteiger partial charge in [-0.25, -0.2) is 0 Å². The highest BCUT2D eigenvalue weighted by molar-refractivity contribution is 5.62. The Hall–Kier alpha value is -1.52. The first-order valence-electron chi connectivity index (χ1n) is 8.10. The van der Waals surface area contributed by atoms with Crippen molar-refractivity contribution in [2.45, 2.75) is 36.5 Å². The predicted octanol–water partition coefficient (Wildman–Crippen LogP) is 1.50. The van der Waals surface area contributed by atoms with Gasteiger partial charge >= 0.3 is 0 Å². The zero-order valence-electron chi connectivity index (χ0n) is 13.0. The summed E-state index contributed by atoms with van der Waals surface area (Å²) in [7, 11) is 3.91. The van der Waals surface area contributed by atoms with Gasteiger partial charge in [-0.3, -0.25) is 0 Å². The van der Waals surface area contributed by atoms with Crippen LogP contribution in [0.1, 0.15) is 17.5 Å². The largest absolute Gasteiger partial charge is 0.493 e. The smallest absolute Gasteiger partial charge is 0.165 e. The summed E-state index contributed by atoms with van der Waals surface area (Å²) < 4.78 is 11.8. The van der Waals surface area contributed by atoms with E-state index in [2.05, 4.69) is 24.1 Å². The number of methoxy groups -OCH3 is 1. The van der Waals surface area contributed by atoms with E-state index in [-0.39, 0.29) is 11.5 Å². The molecule has 2 bridgehead atoms. The number of likely N-dealkylation sites (tertiary alicyclic amines) is 1. The van der Waals surface area contributed by atoms with E-state index in [0.29, 0.717) is 12.0 Å². The van der Waals surface area contributed by atoms with Crippen molar-refractivity contribution in [1.29, 1.82) is 0 Å². The van der Waals surface area contributed by atoms with Crippen molar-refractivity contribution in [2.75, 3.05) is 20.7 Å². The number of aliphatic hydroxyl groups excluding tert-OH is 1. The first-order chi connectivity index (χ1) is 10.7. The van der Waals surface area contributed by atoms with E-state index < -0.39 is 6.10 Å². The van der Waals surface area contributed by atoms with E-state index >= 15 is 0 Å². The second-order valence-corrected chi connectivity index (χ2v) is 7.11. The molecule has 5 rings (SSSR count). The lowest BCUT2D eigenvalue weighted by atomic mass is 9.53. The van der Waals surface area contributed by atoms with Crippen LogP contribution in [-0.2, 0) is 11.8 Å². The monoisotopic (exact) mass is 299 g/mol. The lowest BCUT2D eigenvalue weighted by molar-refractivity contribution is -0.0453. The van der Waals surface area contributed by atoms with Crippen LogP contribution in [0, 0.1) is 5.92 Å². The van der Waals surface area contributed by atoms with Gasteiger partial charge in [-0.15, -0.1) is 0 Å². The molecule has 2 unspecified atom stereocenters. The summed E-state index contributed by atoms with van der Waals surface area (Å²) in [6.07, 6.45) is 5.54. The number of piperidine rings is 1. The molecule has 1 fully saturated rings. The van der Waals surface area contributed by atoms with Crippen LogP contribution < -0.4 is 9.47 Å². The van der Waals surface area contributed by atoms with Gasteiger partial charge in [0.25, 0.3) is 0 Å². The third-order valence-electron chi connectivity index (χ3n) is 6.35. The molecule has 1 aromatic rings. The van der Waals surface area contributed by atoms with Crippen LogP contribution in [0.2, 0.25) is 0 Å². The summed E-state index contributed by atoms with van der Waals surface area (Å²) >= 11 is 0. The molecule has 4 heteroatoms. The molecule has 5 atom stereocenters. The molecular weight excluding hydrogens is 278 g/mol. The number of likely N-dealkylation sites (N-methyl/N-ethyl adjacent to an activating group) is 1. The highest BCUT2D eigenvalue weighted by Gasteiger charge is 2.64. The number of rotatable bonds is 1. The van der Waals surface area contributed by atoms with Crippen LogP contribution in [0.4, 0.5) is 0 Å². The van der Waals surface area contributed by atoms with Crippen LogP contribution in [-0.4, -0.2) is 49.0 Å². The molecule has 116 valence electrons. The molecule has 0 radical (unpaired) electrons. The highest BCUT2D eigenvalue weighted by atomic mass is 16.5. The van der Waals surface area contributed by atoms with Crippen molar-refractivity contribution in [3.05, 3.63) is 35.4 Å². The SMILES string of the molecule is COc1ccc2c3c1O[C@H]1[C@@H](O)C=CC4[C@@H](C2)N(C)CCC341. The molecule has 2 aliphatic heterocycles. The van der Waals surface area contributed by atoms with E-state index in [0.717, 1.165) is 30.9 Å². The summed E-state index contributed by atoms with van der Waals surface area (Å²) in [6, 6.07) is 4.70. The van der Waals surface area contributed by atoms with Gasteiger partial charge in [-0.05, 0) is 38.1 Å². The number of nitrogens with zero attached hydrogens (tertiary/aromatic N) is 1. The molecule has 0 aromatic heterocycles. The summed E-state index contributed by atoms with van der Waals surface area (Å²) in [4.78, 5) is 2.47. The predicted molar refractivity (Wildman–Crippen MR) is 82.5 cm³/mol. The van der Waals surface area contributed by atoms with Crippen LogP contribution in [0.5, 0.6) is 11.5 Å². The Balaban J connectivity index is 1.82. The van der Waals surface area contributed by atoms with Crippen molar-refractivity contribution in [3.8, 4) is 11.5 Å². The van der Waals surface area contributed by atoms with Gasteiger partial charge < -0.3 is 19.5 Å². The molecule has 2 heterocycles. The Morgan fingerprint density at radius 3 is 3.05 bits per heavy atom. The fourth-order valence-corrected chi connectivity index (χ4v) is 5.39. The van der Waals surface area contributed by atoms with Crippen molar-refractivity contribution in [1.82, 2.24) is 4.90 Å². The van der Waals surface area contributed by atoms with Gasteiger partial charge in [-0.1, -0.05) is 18.2 Å². The quantitative estimate of drug-likeness (QED) is 0.798. The van der Waals surface area contributed by atoms with E-state index in [1.54, 1.807) is 7.11 Å². The van der Waals surface area contributed by atoms with Gasteiger partial charge in [-0.2, -0.15) is 0 Å². The Morgan fingerprint density at radius 2 is 2.23 bits per heavy atom. The number of aliphatic hydroxyl groups is 1.